The summed E-state index contributed by atoms with van der Waals surface area (Å²) in [7, 11) is 1.51. The maximum atomic E-state index is 12.9. The summed E-state index contributed by atoms with van der Waals surface area (Å²) < 4.78 is 4.93. The molecule has 1 aromatic carbocycles. The van der Waals surface area contributed by atoms with Crippen molar-refractivity contribution in [2.75, 3.05) is 53.0 Å². The van der Waals surface area contributed by atoms with Crippen molar-refractivity contribution in [2.24, 2.45) is 5.92 Å². The summed E-state index contributed by atoms with van der Waals surface area (Å²) in [5.74, 6) is 0.316. The van der Waals surface area contributed by atoms with Gasteiger partial charge in [0, 0.05) is 52.9 Å². The molecular formula is C20H29N3O4. The fourth-order valence-electron chi connectivity index (χ4n) is 3.92. The van der Waals surface area contributed by atoms with Crippen molar-refractivity contribution in [1.29, 1.82) is 0 Å². The van der Waals surface area contributed by atoms with Gasteiger partial charge in [0.05, 0.1) is 5.92 Å². The quantitative estimate of drug-likeness (QED) is 0.829. The topological polar surface area (TPSA) is 73.3 Å². The third-order valence-electron chi connectivity index (χ3n) is 5.39. The lowest BCUT2D eigenvalue weighted by Gasteiger charge is -2.39. The Morgan fingerprint density at radius 2 is 1.93 bits per heavy atom. The molecule has 2 saturated heterocycles. The summed E-state index contributed by atoms with van der Waals surface area (Å²) in [6.07, 6.45) is 1.71. The molecule has 1 aromatic rings. The Bertz CT molecular complexity index is 658. The number of carbonyl (C=O) groups is 2. The first-order valence-corrected chi connectivity index (χ1v) is 9.62. The molecule has 0 saturated carbocycles. The summed E-state index contributed by atoms with van der Waals surface area (Å²) in [5.41, 5.74) is 1.08. The Hall–Kier alpha value is -2.12. The minimum absolute atomic E-state index is 0.0362. The Morgan fingerprint density at radius 1 is 1.15 bits per heavy atom. The van der Waals surface area contributed by atoms with Gasteiger partial charge in [-0.25, -0.2) is 0 Å². The van der Waals surface area contributed by atoms with Crippen LogP contribution in [0, 0.1) is 5.92 Å². The first-order chi connectivity index (χ1) is 13.1. The van der Waals surface area contributed by atoms with Gasteiger partial charge in [0.1, 0.15) is 12.4 Å². The maximum absolute atomic E-state index is 12.9. The van der Waals surface area contributed by atoms with Crippen molar-refractivity contribution in [3.8, 4) is 5.75 Å². The van der Waals surface area contributed by atoms with Gasteiger partial charge in [-0.3, -0.25) is 14.5 Å². The van der Waals surface area contributed by atoms with Crippen molar-refractivity contribution < 1.29 is 19.4 Å². The van der Waals surface area contributed by atoms with Crippen LogP contribution in [0.2, 0.25) is 0 Å². The molecule has 3 rings (SSSR count). The highest BCUT2D eigenvalue weighted by Gasteiger charge is 2.32. The van der Waals surface area contributed by atoms with E-state index in [-0.39, 0.29) is 30.1 Å². The van der Waals surface area contributed by atoms with Crippen LogP contribution in [0.15, 0.2) is 24.3 Å². The molecule has 148 valence electrons. The van der Waals surface area contributed by atoms with Crippen LogP contribution >= 0.6 is 0 Å². The minimum atomic E-state index is -0.0998. The third-order valence-corrected chi connectivity index (χ3v) is 5.39. The molecule has 0 spiro atoms. The average molecular weight is 375 g/mol. The van der Waals surface area contributed by atoms with Crippen molar-refractivity contribution in [1.82, 2.24) is 14.7 Å². The number of amides is 2. The summed E-state index contributed by atoms with van der Waals surface area (Å²) in [4.78, 5) is 30.9. The Balaban J connectivity index is 1.48. The lowest BCUT2D eigenvalue weighted by Crippen LogP contribution is -2.53. The maximum Gasteiger partial charge on any atom is 0.248 e. The predicted octanol–water partition coefficient (Wildman–Crippen LogP) is 0.921. The van der Waals surface area contributed by atoms with Crippen LogP contribution in [0.4, 0.5) is 0 Å². The van der Waals surface area contributed by atoms with Crippen LogP contribution in [0.5, 0.6) is 5.75 Å². The van der Waals surface area contributed by atoms with E-state index in [0.717, 1.165) is 38.0 Å². The number of benzene rings is 1. The number of piperidine rings is 1. The van der Waals surface area contributed by atoms with Crippen molar-refractivity contribution >= 4 is 11.8 Å². The molecule has 0 bridgehead atoms. The highest BCUT2D eigenvalue weighted by atomic mass is 16.5. The first kappa shape index (κ1) is 19.6. The molecule has 2 aliphatic rings. The van der Waals surface area contributed by atoms with E-state index in [0.29, 0.717) is 26.2 Å². The van der Waals surface area contributed by atoms with Crippen LogP contribution in [-0.2, 0) is 20.9 Å². The Morgan fingerprint density at radius 3 is 2.63 bits per heavy atom. The van der Waals surface area contributed by atoms with Crippen LogP contribution in [0.3, 0.4) is 0 Å². The van der Waals surface area contributed by atoms with Crippen LogP contribution in [0.25, 0.3) is 0 Å². The molecule has 1 N–H and O–H groups in total. The number of piperazine rings is 1. The first-order valence-electron chi connectivity index (χ1n) is 9.62. The normalized spacial score (nSPS) is 21.3. The van der Waals surface area contributed by atoms with Gasteiger partial charge in [-0.2, -0.15) is 0 Å². The van der Waals surface area contributed by atoms with Gasteiger partial charge in [-0.1, -0.05) is 12.1 Å². The summed E-state index contributed by atoms with van der Waals surface area (Å²) >= 11 is 0. The van der Waals surface area contributed by atoms with E-state index in [1.165, 1.54) is 7.11 Å². The van der Waals surface area contributed by atoms with Crippen molar-refractivity contribution in [2.45, 2.75) is 19.4 Å². The molecule has 0 radical (unpaired) electrons. The van der Waals surface area contributed by atoms with Gasteiger partial charge < -0.3 is 19.6 Å². The van der Waals surface area contributed by atoms with E-state index < -0.39 is 0 Å². The smallest absolute Gasteiger partial charge is 0.248 e. The van der Waals surface area contributed by atoms with Gasteiger partial charge in [-0.15, -0.1) is 0 Å². The van der Waals surface area contributed by atoms with Crippen LogP contribution < -0.4 is 0 Å². The number of carbonyl (C=O) groups excluding carboxylic acids is 2. The number of hydrogen-bond donors (Lipinski definition) is 1. The largest absolute Gasteiger partial charge is 0.508 e. The Labute approximate surface area is 160 Å². The number of rotatable bonds is 5. The van der Waals surface area contributed by atoms with E-state index in [1.807, 2.05) is 17.0 Å². The predicted molar refractivity (Wildman–Crippen MR) is 101 cm³/mol. The monoisotopic (exact) mass is 375 g/mol. The zero-order chi connectivity index (χ0) is 19.2. The lowest BCUT2D eigenvalue weighted by atomic mass is 9.96. The zero-order valence-electron chi connectivity index (χ0n) is 16.0. The summed E-state index contributed by atoms with van der Waals surface area (Å²) in [5, 5.41) is 9.59. The average Bonchev–Trinajstić information content (AvgIpc) is 2.68. The highest BCUT2D eigenvalue weighted by molar-refractivity contribution is 5.82. The molecule has 1 atom stereocenters. The van der Waals surface area contributed by atoms with E-state index in [9.17, 15) is 14.7 Å². The van der Waals surface area contributed by atoms with Gasteiger partial charge in [-0.05, 0) is 30.5 Å². The second kappa shape index (κ2) is 9.19. The Kier molecular flexibility index (Phi) is 6.68. The number of aromatic hydroxyl groups is 1. The molecule has 0 aliphatic carbocycles. The van der Waals surface area contributed by atoms with Gasteiger partial charge in [0.15, 0.2) is 0 Å². The summed E-state index contributed by atoms with van der Waals surface area (Å²) in [6, 6.07) is 7.31. The fraction of sp³-hybridized carbons (Fsp3) is 0.600. The number of ether oxygens (including phenoxy) is 1. The second-order valence-corrected chi connectivity index (χ2v) is 7.38. The zero-order valence-corrected chi connectivity index (χ0v) is 16.0. The lowest BCUT2D eigenvalue weighted by molar-refractivity contribution is -0.143. The van der Waals surface area contributed by atoms with Gasteiger partial charge in [0.2, 0.25) is 11.8 Å². The SMILES string of the molecule is COCC(=O)N1CCC[C@H](C(=O)N2CCN(Cc3cccc(O)c3)CC2)C1. The third kappa shape index (κ3) is 5.20. The minimum Gasteiger partial charge on any atom is -0.508 e. The van der Waals surface area contributed by atoms with E-state index in [2.05, 4.69) is 4.90 Å². The highest BCUT2D eigenvalue weighted by Crippen LogP contribution is 2.21. The fourth-order valence-corrected chi connectivity index (χ4v) is 3.92. The van der Waals surface area contributed by atoms with E-state index >= 15 is 0 Å². The molecule has 2 amide bonds. The van der Waals surface area contributed by atoms with E-state index in [1.54, 1.807) is 17.0 Å². The number of methoxy groups -OCH3 is 1. The molecule has 2 aliphatic heterocycles. The number of likely N-dealkylation sites (tertiary alicyclic amines) is 1. The molecule has 7 heteroatoms. The van der Waals surface area contributed by atoms with Gasteiger partial charge >= 0.3 is 0 Å². The molecule has 7 nitrogen and oxygen atoms in total. The number of phenols is 1. The molecular weight excluding hydrogens is 346 g/mol. The number of phenolic OH excluding ortho intramolecular Hbond substituents is 1. The van der Waals surface area contributed by atoms with Crippen molar-refractivity contribution in [3.63, 3.8) is 0 Å². The molecule has 0 aromatic heterocycles. The standard InChI is InChI=1S/C20H29N3O4/c1-27-15-19(25)23-7-3-5-17(14-23)20(26)22-10-8-21(9-11-22)13-16-4-2-6-18(24)12-16/h2,4,6,12,17,24H,3,5,7-11,13-15H2,1H3/t17-/m0/s1. The second-order valence-electron chi connectivity index (χ2n) is 7.38. The molecule has 27 heavy (non-hydrogen) atoms. The number of hydrogen-bond acceptors (Lipinski definition) is 5. The number of nitrogens with zero attached hydrogens (tertiary/aromatic N) is 3. The molecule has 2 fully saturated rings. The van der Waals surface area contributed by atoms with Crippen LogP contribution in [-0.4, -0.2) is 84.6 Å². The van der Waals surface area contributed by atoms with E-state index in [4.69, 9.17) is 4.74 Å². The van der Waals surface area contributed by atoms with Gasteiger partial charge in [0.25, 0.3) is 0 Å². The van der Waals surface area contributed by atoms with Crippen molar-refractivity contribution in [3.05, 3.63) is 29.8 Å². The molecule has 2 heterocycles. The molecule has 0 unspecified atom stereocenters. The van der Waals surface area contributed by atoms with Crippen LogP contribution in [0.1, 0.15) is 18.4 Å². The summed E-state index contributed by atoms with van der Waals surface area (Å²) in [6.45, 7) is 5.13.